The Labute approximate surface area is 100.0 Å². The summed E-state index contributed by atoms with van der Waals surface area (Å²) < 4.78 is 0. The van der Waals surface area contributed by atoms with Crippen LogP contribution in [0.25, 0.3) is 0 Å². The van der Waals surface area contributed by atoms with Gasteiger partial charge in [-0.1, -0.05) is 19.3 Å². The van der Waals surface area contributed by atoms with Crippen molar-refractivity contribution in [2.24, 2.45) is 0 Å². The molecule has 3 rings (SSSR count). The quantitative estimate of drug-likeness (QED) is 0.655. The summed E-state index contributed by atoms with van der Waals surface area (Å²) in [5.41, 5.74) is 0. The highest BCUT2D eigenvalue weighted by molar-refractivity contribution is 4.90. The van der Waals surface area contributed by atoms with E-state index in [1.54, 1.807) is 0 Å². The lowest BCUT2D eigenvalue weighted by Crippen LogP contribution is -2.36. The zero-order valence-electron chi connectivity index (χ0n) is 10.7. The smallest absolute Gasteiger partial charge is 0.0459 e. The molecule has 0 bridgehead atoms. The van der Waals surface area contributed by atoms with Gasteiger partial charge in [0.25, 0.3) is 0 Å². The summed E-state index contributed by atoms with van der Waals surface area (Å²) in [6, 6.07) is 1.61. The van der Waals surface area contributed by atoms with Gasteiger partial charge in [-0.2, -0.15) is 0 Å². The molecule has 2 N–H and O–H groups in total. The first-order valence-corrected chi connectivity index (χ1v) is 7.01. The minimum absolute atomic E-state index is 0.804. The largest absolute Gasteiger partial charge is 0.306 e. The van der Waals surface area contributed by atoms with Crippen molar-refractivity contribution in [3.63, 3.8) is 0 Å². The van der Waals surface area contributed by atoms with E-state index in [1.807, 2.05) is 0 Å². The molecule has 0 aromatic heterocycles. The van der Waals surface area contributed by atoms with Crippen LogP contribution >= 0.6 is 0 Å². The third kappa shape index (κ3) is 3.72. The Balaban J connectivity index is 0.000000125. The van der Waals surface area contributed by atoms with Crippen LogP contribution in [-0.2, 0) is 0 Å². The summed E-state index contributed by atoms with van der Waals surface area (Å²) in [6.45, 7) is 3.68. The molecule has 3 heteroatoms. The van der Waals surface area contributed by atoms with Crippen molar-refractivity contribution in [2.45, 2.75) is 57.0 Å². The Hall–Kier alpha value is -0.120. The lowest BCUT2D eigenvalue weighted by Gasteiger charge is -2.23. The zero-order valence-corrected chi connectivity index (χ0v) is 10.7. The maximum absolute atomic E-state index is 3.45. The average molecular weight is 225 g/mol. The van der Waals surface area contributed by atoms with Crippen molar-refractivity contribution in [3.05, 3.63) is 0 Å². The van der Waals surface area contributed by atoms with E-state index >= 15 is 0 Å². The van der Waals surface area contributed by atoms with Crippen molar-refractivity contribution in [2.75, 3.05) is 26.8 Å². The molecule has 1 aliphatic carbocycles. The molecule has 3 aliphatic rings. The predicted molar refractivity (Wildman–Crippen MR) is 68.5 cm³/mol. The van der Waals surface area contributed by atoms with Crippen LogP contribution in [0.5, 0.6) is 0 Å². The van der Waals surface area contributed by atoms with Gasteiger partial charge in [-0.25, -0.2) is 0 Å². The molecule has 2 aliphatic heterocycles. The molecule has 0 radical (unpaired) electrons. The summed E-state index contributed by atoms with van der Waals surface area (Å²) in [6.07, 6.45) is 9.90. The number of likely N-dealkylation sites (tertiary alicyclic amines) is 1. The van der Waals surface area contributed by atoms with E-state index < -0.39 is 0 Å². The SMILES string of the molecule is C1CCC2NCNC2C1.CN1CCCCC1. The number of hydrogen-bond acceptors (Lipinski definition) is 3. The monoisotopic (exact) mass is 225 g/mol. The van der Waals surface area contributed by atoms with Crippen LogP contribution in [0.4, 0.5) is 0 Å². The van der Waals surface area contributed by atoms with Crippen LogP contribution in [0.3, 0.4) is 0 Å². The molecule has 0 spiro atoms. The van der Waals surface area contributed by atoms with Crippen molar-refractivity contribution in [1.82, 2.24) is 15.5 Å². The third-order valence-electron chi connectivity index (χ3n) is 4.07. The molecule has 16 heavy (non-hydrogen) atoms. The molecule has 2 atom stereocenters. The van der Waals surface area contributed by atoms with E-state index in [-0.39, 0.29) is 0 Å². The minimum Gasteiger partial charge on any atom is -0.306 e. The van der Waals surface area contributed by atoms with Crippen LogP contribution in [0.15, 0.2) is 0 Å². The van der Waals surface area contributed by atoms with E-state index in [0.717, 1.165) is 18.8 Å². The Morgan fingerprint density at radius 1 is 0.812 bits per heavy atom. The lowest BCUT2D eigenvalue weighted by molar-refractivity contribution is 0.277. The van der Waals surface area contributed by atoms with Crippen LogP contribution in [0, 0.1) is 0 Å². The Bertz CT molecular complexity index is 178. The molecule has 0 aromatic rings. The number of fused-ring (bicyclic) bond motifs is 1. The van der Waals surface area contributed by atoms with E-state index in [1.165, 1.54) is 58.0 Å². The molecule has 94 valence electrons. The topological polar surface area (TPSA) is 27.3 Å². The standard InChI is InChI=1S/C7H14N2.C6H13N/c1-2-4-7-6(3-1)8-5-9-7;1-7-5-3-2-4-6-7/h6-9H,1-5H2;2-6H2,1H3. The maximum atomic E-state index is 3.45. The average Bonchev–Trinajstić information content (AvgIpc) is 2.79. The molecule has 2 unspecified atom stereocenters. The first-order valence-electron chi connectivity index (χ1n) is 7.01. The summed E-state index contributed by atoms with van der Waals surface area (Å²) >= 11 is 0. The van der Waals surface area contributed by atoms with Gasteiger partial charge in [-0.05, 0) is 45.8 Å². The van der Waals surface area contributed by atoms with E-state index in [4.69, 9.17) is 0 Å². The highest BCUT2D eigenvalue weighted by Crippen LogP contribution is 2.20. The van der Waals surface area contributed by atoms with Crippen LogP contribution in [-0.4, -0.2) is 43.8 Å². The molecule has 3 fully saturated rings. The number of nitrogens with zero attached hydrogens (tertiary/aromatic N) is 1. The second-order valence-corrected chi connectivity index (χ2v) is 5.45. The second-order valence-electron chi connectivity index (χ2n) is 5.45. The minimum atomic E-state index is 0.804. The van der Waals surface area contributed by atoms with Gasteiger partial charge in [-0.15, -0.1) is 0 Å². The van der Waals surface area contributed by atoms with Crippen molar-refractivity contribution in [1.29, 1.82) is 0 Å². The van der Waals surface area contributed by atoms with Crippen molar-refractivity contribution >= 4 is 0 Å². The maximum Gasteiger partial charge on any atom is 0.0459 e. The van der Waals surface area contributed by atoms with Gasteiger partial charge in [0.05, 0.1) is 0 Å². The van der Waals surface area contributed by atoms with Gasteiger partial charge in [0.15, 0.2) is 0 Å². The summed E-state index contributed by atoms with van der Waals surface area (Å²) in [5, 5.41) is 6.89. The van der Waals surface area contributed by atoms with Gasteiger partial charge in [0.2, 0.25) is 0 Å². The van der Waals surface area contributed by atoms with Crippen LogP contribution in [0.1, 0.15) is 44.9 Å². The Morgan fingerprint density at radius 3 is 1.81 bits per heavy atom. The molecule has 3 nitrogen and oxygen atoms in total. The highest BCUT2D eigenvalue weighted by Gasteiger charge is 2.27. The highest BCUT2D eigenvalue weighted by atomic mass is 15.2. The van der Waals surface area contributed by atoms with Gasteiger partial charge < -0.3 is 15.5 Å². The normalized spacial score (nSPS) is 35.1. The fourth-order valence-electron chi connectivity index (χ4n) is 2.99. The van der Waals surface area contributed by atoms with Gasteiger partial charge in [-0.3, -0.25) is 0 Å². The van der Waals surface area contributed by atoms with Gasteiger partial charge >= 0.3 is 0 Å². The summed E-state index contributed by atoms with van der Waals surface area (Å²) in [5.74, 6) is 0. The fraction of sp³-hybridized carbons (Fsp3) is 1.00. The molecule has 1 saturated carbocycles. The molecule has 0 aromatic carbocycles. The third-order valence-corrected chi connectivity index (χ3v) is 4.07. The van der Waals surface area contributed by atoms with Crippen LogP contribution in [0.2, 0.25) is 0 Å². The molecule has 2 saturated heterocycles. The molecular formula is C13H27N3. The van der Waals surface area contributed by atoms with Gasteiger partial charge in [0, 0.05) is 18.8 Å². The Morgan fingerprint density at radius 2 is 1.38 bits per heavy atom. The first kappa shape index (κ1) is 12.3. The number of hydrogen-bond donors (Lipinski definition) is 2. The predicted octanol–water partition coefficient (Wildman–Crippen LogP) is 1.55. The van der Waals surface area contributed by atoms with E-state index in [2.05, 4.69) is 22.6 Å². The number of nitrogens with one attached hydrogen (secondary N) is 2. The van der Waals surface area contributed by atoms with Crippen molar-refractivity contribution in [3.8, 4) is 0 Å². The lowest BCUT2D eigenvalue weighted by atomic mass is 9.92. The zero-order chi connectivity index (χ0) is 11.2. The summed E-state index contributed by atoms with van der Waals surface area (Å²) in [7, 11) is 2.19. The van der Waals surface area contributed by atoms with Crippen LogP contribution < -0.4 is 10.6 Å². The summed E-state index contributed by atoms with van der Waals surface area (Å²) in [4.78, 5) is 2.39. The van der Waals surface area contributed by atoms with E-state index in [0.29, 0.717) is 0 Å². The Kier molecular flexibility index (Phi) is 5.07. The molecule has 2 heterocycles. The number of rotatable bonds is 0. The first-order chi connectivity index (χ1) is 7.86. The van der Waals surface area contributed by atoms with Gasteiger partial charge in [0.1, 0.15) is 0 Å². The fourth-order valence-corrected chi connectivity index (χ4v) is 2.99. The second kappa shape index (κ2) is 6.58. The molecular weight excluding hydrogens is 198 g/mol. The van der Waals surface area contributed by atoms with Crippen molar-refractivity contribution < 1.29 is 0 Å². The van der Waals surface area contributed by atoms with E-state index in [9.17, 15) is 0 Å². The number of piperidine rings is 1. The molecule has 0 amide bonds.